The van der Waals surface area contributed by atoms with Crippen molar-refractivity contribution >= 4 is 23.8 Å². The summed E-state index contributed by atoms with van der Waals surface area (Å²) in [5.74, 6) is -1.73. The van der Waals surface area contributed by atoms with E-state index >= 15 is 0 Å². The third-order valence-electron chi connectivity index (χ3n) is 4.33. The number of carboxylic acids is 1. The van der Waals surface area contributed by atoms with Gasteiger partial charge in [-0.05, 0) is 27.2 Å². The van der Waals surface area contributed by atoms with E-state index in [1.54, 1.807) is 20.8 Å². The van der Waals surface area contributed by atoms with Crippen molar-refractivity contribution in [3.63, 3.8) is 0 Å². The first-order chi connectivity index (χ1) is 9.58. The summed E-state index contributed by atoms with van der Waals surface area (Å²) < 4.78 is 0. The number of carboxylic acid groups (broad SMARTS) is 1. The van der Waals surface area contributed by atoms with Crippen LogP contribution in [0.3, 0.4) is 0 Å². The SMILES string of the molecule is CC1(C)C(=O)NC(=O)N1CC(=O)N1CC[C@](C)(C(=O)O)C1. The molecule has 4 amide bonds. The molecule has 2 heterocycles. The predicted molar refractivity (Wildman–Crippen MR) is 71.3 cm³/mol. The minimum absolute atomic E-state index is 0.116. The fourth-order valence-corrected chi connectivity index (χ4v) is 2.55. The minimum atomic E-state index is -1.08. The number of aliphatic carboxylic acids is 1. The highest BCUT2D eigenvalue weighted by atomic mass is 16.4. The summed E-state index contributed by atoms with van der Waals surface area (Å²) in [6.45, 7) is 4.94. The van der Waals surface area contributed by atoms with Crippen molar-refractivity contribution in [2.24, 2.45) is 5.41 Å². The van der Waals surface area contributed by atoms with Crippen LogP contribution in [0.25, 0.3) is 0 Å². The van der Waals surface area contributed by atoms with Crippen LogP contribution in [0.1, 0.15) is 27.2 Å². The molecule has 0 spiro atoms. The second-order valence-electron chi connectivity index (χ2n) is 6.34. The molecule has 0 aliphatic carbocycles. The van der Waals surface area contributed by atoms with E-state index in [-0.39, 0.29) is 19.0 Å². The number of amides is 4. The molecule has 0 aromatic rings. The van der Waals surface area contributed by atoms with Crippen LogP contribution in [0.2, 0.25) is 0 Å². The van der Waals surface area contributed by atoms with Crippen molar-refractivity contribution < 1.29 is 24.3 Å². The topological polar surface area (TPSA) is 107 Å². The number of hydrogen-bond donors (Lipinski definition) is 2. The Morgan fingerprint density at radius 2 is 1.90 bits per heavy atom. The lowest BCUT2D eigenvalue weighted by atomic mass is 9.90. The van der Waals surface area contributed by atoms with E-state index in [0.717, 1.165) is 0 Å². The fraction of sp³-hybridized carbons (Fsp3) is 0.692. The Balaban J connectivity index is 2.05. The van der Waals surface area contributed by atoms with Gasteiger partial charge in [-0.3, -0.25) is 19.7 Å². The molecule has 2 rings (SSSR count). The van der Waals surface area contributed by atoms with Crippen molar-refractivity contribution in [3.05, 3.63) is 0 Å². The lowest BCUT2D eigenvalue weighted by Gasteiger charge is -2.29. The predicted octanol–water partition coefficient (Wildman–Crippen LogP) is -0.360. The number of urea groups is 1. The summed E-state index contributed by atoms with van der Waals surface area (Å²) in [6.07, 6.45) is 0.378. The molecule has 2 N–H and O–H groups in total. The monoisotopic (exact) mass is 297 g/mol. The molecule has 0 aromatic carbocycles. The van der Waals surface area contributed by atoms with E-state index in [0.29, 0.717) is 13.0 Å². The van der Waals surface area contributed by atoms with Crippen LogP contribution >= 0.6 is 0 Å². The summed E-state index contributed by atoms with van der Waals surface area (Å²) in [5.41, 5.74) is -2.03. The smallest absolute Gasteiger partial charge is 0.325 e. The van der Waals surface area contributed by atoms with Crippen LogP contribution in [-0.2, 0) is 14.4 Å². The number of likely N-dealkylation sites (tertiary alicyclic amines) is 1. The molecule has 8 nitrogen and oxygen atoms in total. The Bertz CT molecular complexity index is 530. The van der Waals surface area contributed by atoms with Crippen LogP contribution in [-0.4, -0.2) is 63.9 Å². The lowest BCUT2D eigenvalue weighted by Crippen LogP contribution is -2.49. The maximum absolute atomic E-state index is 12.3. The fourth-order valence-electron chi connectivity index (χ4n) is 2.55. The quantitative estimate of drug-likeness (QED) is 0.692. The zero-order chi connectivity index (χ0) is 16.0. The first-order valence-corrected chi connectivity index (χ1v) is 6.72. The molecule has 0 radical (unpaired) electrons. The number of hydrogen-bond acceptors (Lipinski definition) is 4. The van der Waals surface area contributed by atoms with Crippen LogP contribution < -0.4 is 5.32 Å². The average molecular weight is 297 g/mol. The van der Waals surface area contributed by atoms with Gasteiger partial charge in [-0.15, -0.1) is 0 Å². The van der Waals surface area contributed by atoms with Gasteiger partial charge in [0.1, 0.15) is 12.1 Å². The molecule has 21 heavy (non-hydrogen) atoms. The molecule has 0 unspecified atom stereocenters. The van der Waals surface area contributed by atoms with Gasteiger partial charge in [-0.1, -0.05) is 0 Å². The van der Waals surface area contributed by atoms with E-state index in [9.17, 15) is 19.2 Å². The van der Waals surface area contributed by atoms with Gasteiger partial charge in [0, 0.05) is 13.1 Å². The molecule has 116 valence electrons. The average Bonchev–Trinajstić information content (AvgIpc) is 2.86. The van der Waals surface area contributed by atoms with Crippen molar-refractivity contribution in [2.75, 3.05) is 19.6 Å². The van der Waals surface area contributed by atoms with E-state index in [2.05, 4.69) is 5.32 Å². The highest BCUT2D eigenvalue weighted by Crippen LogP contribution is 2.30. The zero-order valence-corrected chi connectivity index (χ0v) is 12.3. The van der Waals surface area contributed by atoms with Crippen LogP contribution in [0, 0.1) is 5.41 Å². The standard InChI is InChI=1S/C13H19N3O5/c1-12(2)9(18)14-11(21)16(12)6-8(17)15-5-4-13(3,7-15)10(19)20/h4-7H2,1-3H3,(H,19,20)(H,14,18,21)/t13-/m0/s1. The van der Waals surface area contributed by atoms with Crippen molar-refractivity contribution in [1.82, 2.24) is 15.1 Å². The number of carbonyl (C=O) groups excluding carboxylic acids is 3. The first kappa shape index (κ1) is 15.3. The lowest BCUT2D eigenvalue weighted by molar-refractivity contribution is -0.147. The second kappa shape index (κ2) is 4.71. The Hall–Kier alpha value is -2.12. The van der Waals surface area contributed by atoms with Gasteiger partial charge >= 0.3 is 12.0 Å². The normalized spacial score (nSPS) is 28.0. The van der Waals surface area contributed by atoms with Gasteiger partial charge in [0.25, 0.3) is 5.91 Å². The number of imide groups is 1. The molecule has 0 bridgehead atoms. The number of carbonyl (C=O) groups is 4. The molecule has 2 fully saturated rings. The Labute approximate surface area is 122 Å². The maximum Gasteiger partial charge on any atom is 0.325 e. The van der Waals surface area contributed by atoms with Gasteiger partial charge in [-0.2, -0.15) is 0 Å². The molecule has 0 aromatic heterocycles. The van der Waals surface area contributed by atoms with Crippen LogP contribution in [0.15, 0.2) is 0 Å². The van der Waals surface area contributed by atoms with E-state index in [4.69, 9.17) is 5.11 Å². The first-order valence-electron chi connectivity index (χ1n) is 6.72. The maximum atomic E-state index is 12.3. The zero-order valence-electron chi connectivity index (χ0n) is 12.3. The molecule has 2 aliphatic heterocycles. The van der Waals surface area contributed by atoms with Gasteiger partial charge in [0.15, 0.2) is 0 Å². The van der Waals surface area contributed by atoms with Crippen LogP contribution in [0.5, 0.6) is 0 Å². The van der Waals surface area contributed by atoms with Gasteiger partial charge in [0.2, 0.25) is 5.91 Å². The molecule has 2 aliphatic rings. The highest BCUT2D eigenvalue weighted by molar-refractivity contribution is 6.07. The van der Waals surface area contributed by atoms with E-state index in [1.807, 2.05) is 0 Å². The van der Waals surface area contributed by atoms with Gasteiger partial charge in [0.05, 0.1) is 5.41 Å². The highest BCUT2D eigenvalue weighted by Gasteiger charge is 2.48. The molecule has 1 atom stereocenters. The summed E-state index contributed by atoms with van der Waals surface area (Å²) in [4.78, 5) is 49.4. The second-order valence-corrected chi connectivity index (χ2v) is 6.34. The summed E-state index contributed by atoms with van der Waals surface area (Å²) in [7, 11) is 0. The minimum Gasteiger partial charge on any atom is -0.481 e. The Morgan fingerprint density at radius 1 is 1.29 bits per heavy atom. The summed E-state index contributed by atoms with van der Waals surface area (Å²) in [5, 5.41) is 11.3. The van der Waals surface area contributed by atoms with Gasteiger partial charge < -0.3 is 14.9 Å². The van der Waals surface area contributed by atoms with Crippen molar-refractivity contribution in [2.45, 2.75) is 32.7 Å². The molecule has 2 saturated heterocycles. The Kier molecular flexibility index (Phi) is 3.43. The van der Waals surface area contributed by atoms with E-state index < -0.39 is 28.9 Å². The molecular formula is C13H19N3O5. The number of nitrogens with zero attached hydrogens (tertiary/aromatic N) is 2. The third kappa shape index (κ3) is 2.45. The van der Waals surface area contributed by atoms with Crippen LogP contribution in [0.4, 0.5) is 4.79 Å². The summed E-state index contributed by atoms with van der Waals surface area (Å²) >= 11 is 0. The molecular weight excluding hydrogens is 278 g/mol. The van der Waals surface area contributed by atoms with Gasteiger partial charge in [-0.25, -0.2) is 4.79 Å². The van der Waals surface area contributed by atoms with Crippen molar-refractivity contribution in [3.8, 4) is 0 Å². The molecule has 0 saturated carbocycles. The van der Waals surface area contributed by atoms with Crippen molar-refractivity contribution in [1.29, 1.82) is 0 Å². The summed E-state index contributed by atoms with van der Waals surface area (Å²) in [6, 6.07) is -0.599. The number of rotatable bonds is 3. The Morgan fingerprint density at radius 3 is 2.33 bits per heavy atom. The number of nitrogens with one attached hydrogen (secondary N) is 1. The molecule has 8 heteroatoms. The third-order valence-corrected chi connectivity index (χ3v) is 4.33. The van der Waals surface area contributed by atoms with E-state index in [1.165, 1.54) is 9.80 Å². The largest absolute Gasteiger partial charge is 0.481 e.